The van der Waals surface area contributed by atoms with E-state index in [1.54, 1.807) is 27.7 Å². The molecule has 12 rings (SSSR count). The lowest BCUT2D eigenvalue weighted by Crippen LogP contribution is -2.77. The van der Waals surface area contributed by atoms with Crippen LogP contribution < -0.4 is 0 Å². The number of hydrogen-bond donors (Lipinski definition) is 0. The fraction of sp³-hybridized carbons (Fsp3) is 0.357. The number of urea groups is 4. The maximum Gasteiger partial charge on any atom is 0.359 e. The number of amides is 8. The second-order valence-corrected chi connectivity index (χ2v) is 18.8. The van der Waals surface area contributed by atoms with Crippen molar-refractivity contribution in [2.24, 2.45) is 0 Å². The lowest BCUT2D eigenvalue weighted by atomic mass is 9.90. The highest BCUT2D eigenvalue weighted by atomic mass is 16.6. The molecule has 22 nitrogen and oxygen atoms in total. The molecule has 8 aliphatic heterocycles. The summed E-state index contributed by atoms with van der Waals surface area (Å²) in [5.41, 5.74) is -2.90. The van der Waals surface area contributed by atoms with Crippen LogP contribution >= 0.6 is 0 Å². The molecular formula is C56H52N8O14. The Morgan fingerprint density at radius 2 is 0.692 bits per heavy atom. The molecule has 4 aromatic rings. The summed E-state index contributed by atoms with van der Waals surface area (Å²) in [5, 5.41) is 0. The zero-order chi connectivity index (χ0) is 54.7. The number of benzene rings is 4. The van der Waals surface area contributed by atoms with Gasteiger partial charge >= 0.3 is 48.0 Å². The van der Waals surface area contributed by atoms with Gasteiger partial charge in [-0.1, -0.05) is 84.3 Å². The third kappa shape index (κ3) is 6.78. The number of hydrogen-bond acceptors (Lipinski definition) is 14. The first-order valence-corrected chi connectivity index (χ1v) is 25.4. The zero-order valence-electron chi connectivity index (χ0n) is 43.0. The highest BCUT2D eigenvalue weighted by Crippen LogP contribution is 2.58. The van der Waals surface area contributed by atoms with E-state index in [0.717, 1.165) is 30.7 Å². The van der Waals surface area contributed by atoms with Crippen LogP contribution in [-0.4, -0.2) is 163 Å². The van der Waals surface area contributed by atoms with E-state index in [9.17, 15) is 38.4 Å². The molecule has 78 heavy (non-hydrogen) atoms. The summed E-state index contributed by atoms with van der Waals surface area (Å²) >= 11 is 0. The van der Waals surface area contributed by atoms with Crippen molar-refractivity contribution >= 4 is 48.0 Å². The van der Waals surface area contributed by atoms with Gasteiger partial charge in [-0.15, -0.1) is 0 Å². The van der Waals surface area contributed by atoms with Crippen LogP contribution in [0.25, 0.3) is 0 Å². The summed E-state index contributed by atoms with van der Waals surface area (Å²) < 4.78 is 33.0. The standard InChI is InChI=1S/2C28H26N4O7/c2*1-3-38-23(33)27-28(24(34)39-4-2)31-17-37-18-32(28)26(36)30(27)16-22-20(14-13-19-9-6-5-7-10-19)11-8-12-21(22)15-29(27)25(31)35/h2*5-12H,3-4,15-18H2,1-2H3/t2*27-,28+/m00/s1. The first-order valence-electron chi connectivity index (χ1n) is 25.4. The number of rotatable bonds is 8. The Morgan fingerprint density at radius 1 is 0.397 bits per heavy atom. The van der Waals surface area contributed by atoms with Crippen LogP contribution in [0.15, 0.2) is 97.1 Å². The molecule has 6 saturated heterocycles. The van der Waals surface area contributed by atoms with Crippen molar-refractivity contribution in [1.82, 2.24) is 39.2 Å². The number of nitrogens with zero attached hydrogens (tertiary/aromatic N) is 8. The van der Waals surface area contributed by atoms with Crippen molar-refractivity contribution in [2.45, 2.75) is 76.5 Å². The predicted molar refractivity (Wildman–Crippen MR) is 268 cm³/mol. The van der Waals surface area contributed by atoms with Gasteiger partial charge in [-0.05, 0) is 86.3 Å². The molecule has 0 aliphatic carbocycles. The molecule has 0 bridgehead atoms. The van der Waals surface area contributed by atoms with Crippen molar-refractivity contribution in [2.75, 3.05) is 53.4 Å². The van der Waals surface area contributed by atoms with Gasteiger partial charge in [-0.2, -0.15) is 0 Å². The minimum atomic E-state index is -2.14. The van der Waals surface area contributed by atoms with Crippen molar-refractivity contribution in [3.63, 3.8) is 0 Å². The average Bonchev–Trinajstić information content (AvgIpc) is 2.16. The van der Waals surface area contributed by atoms with Gasteiger partial charge in [-0.3, -0.25) is 39.2 Å². The first kappa shape index (κ1) is 51.0. The summed E-state index contributed by atoms with van der Waals surface area (Å²) in [7, 11) is 0. The monoisotopic (exact) mass is 1060 g/mol. The number of carbonyl (C=O) groups excluding carboxylic acids is 8. The largest absolute Gasteiger partial charge is 0.463 e. The number of carbonyl (C=O) groups is 8. The average molecular weight is 1060 g/mol. The molecule has 8 amide bonds. The van der Waals surface area contributed by atoms with Gasteiger partial charge in [0, 0.05) is 22.3 Å². The zero-order valence-corrected chi connectivity index (χ0v) is 43.0. The van der Waals surface area contributed by atoms with Gasteiger partial charge in [0.25, 0.3) is 22.7 Å². The van der Waals surface area contributed by atoms with E-state index in [-0.39, 0.29) is 79.5 Å². The number of fused-ring (bicyclic) bond motifs is 2. The summed E-state index contributed by atoms with van der Waals surface area (Å²) in [4.78, 5) is 121. The quantitative estimate of drug-likeness (QED) is 0.138. The third-order valence-corrected chi connectivity index (χ3v) is 15.1. The van der Waals surface area contributed by atoms with E-state index in [2.05, 4.69) is 23.7 Å². The molecule has 400 valence electrons. The number of ether oxygens (including phenoxy) is 6. The maximum absolute atomic E-state index is 14.1. The Balaban J connectivity index is 0.000000165. The highest BCUT2D eigenvalue weighted by Gasteiger charge is 2.90. The Kier molecular flexibility index (Phi) is 12.7. The summed E-state index contributed by atoms with van der Waals surface area (Å²) in [6.45, 7) is 4.83. The van der Waals surface area contributed by atoms with Crippen LogP contribution in [0, 0.1) is 23.7 Å². The van der Waals surface area contributed by atoms with Gasteiger partial charge in [0.2, 0.25) is 0 Å². The van der Waals surface area contributed by atoms with E-state index in [1.165, 1.54) is 19.6 Å². The Bertz CT molecular complexity index is 3120. The van der Waals surface area contributed by atoms with Crippen molar-refractivity contribution in [1.29, 1.82) is 0 Å². The van der Waals surface area contributed by atoms with Gasteiger partial charge in [-0.25, -0.2) is 38.4 Å². The minimum absolute atomic E-state index is 0.0240. The molecule has 6 fully saturated rings. The topological polar surface area (TPSA) is 218 Å². The molecule has 8 aliphatic rings. The van der Waals surface area contributed by atoms with Crippen LogP contribution in [0.2, 0.25) is 0 Å². The van der Waals surface area contributed by atoms with E-state index in [4.69, 9.17) is 28.4 Å². The number of esters is 4. The fourth-order valence-corrected chi connectivity index (χ4v) is 12.1. The fourth-order valence-electron chi connectivity index (χ4n) is 12.1. The molecule has 0 saturated carbocycles. The lowest BCUT2D eigenvalue weighted by molar-refractivity contribution is -0.212. The van der Waals surface area contributed by atoms with E-state index in [0.29, 0.717) is 33.4 Å². The molecule has 8 heterocycles. The first-order chi connectivity index (χ1) is 37.8. The Morgan fingerprint density at radius 3 is 1.00 bits per heavy atom. The van der Waals surface area contributed by atoms with Crippen LogP contribution in [0.1, 0.15) is 72.2 Å². The SMILES string of the molecule is CCOC(=O)[C@@]12N3COCN1C(=O)N1Cc4c(C#Cc5ccccc5)cccc4CN(C3=O)[C@@]12C(=O)OCC.CCOC(=O)[C@@]12N3COCN1C(=O)N1Cc4c(C#Cc5ccccc5)cccc4CN(C3=O)[C@@]12C(=O)OCC. The molecular weight excluding hydrogens is 1010 g/mol. The Labute approximate surface area is 447 Å². The molecule has 4 aromatic carbocycles. The van der Waals surface area contributed by atoms with Crippen molar-refractivity contribution < 1.29 is 66.8 Å². The third-order valence-electron chi connectivity index (χ3n) is 15.1. The normalized spacial score (nSPS) is 24.5. The van der Waals surface area contributed by atoms with Crippen LogP contribution in [0.3, 0.4) is 0 Å². The molecule has 0 radical (unpaired) electrons. The van der Waals surface area contributed by atoms with Gasteiger partial charge in [0.15, 0.2) is 0 Å². The second kappa shape index (κ2) is 19.5. The van der Waals surface area contributed by atoms with Crippen LogP contribution in [0.5, 0.6) is 0 Å². The molecule has 0 unspecified atom stereocenters. The van der Waals surface area contributed by atoms with Gasteiger partial charge in [0.05, 0.1) is 52.6 Å². The smallest absolute Gasteiger partial charge is 0.359 e. The summed E-state index contributed by atoms with van der Waals surface area (Å²) in [6, 6.07) is 27.2. The van der Waals surface area contributed by atoms with E-state index >= 15 is 0 Å². The summed E-state index contributed by atoms with van der Waals surface area (Å²) in [5.74, 6) is 9.06. The van der Waals surface area contributed by atoms with Crippen LogP contribution in [-0.2, 0) is 73.8 Å². The van der Waals surface area contributed by atoms with E-state index in [1.807, 2.05) is 97.1 Å². The predicted octanol–water partition coefficient (Wildman–Crippen LogP) is 4.08. The minimum Gasteiger partial charge on any atom is -0.463 e. The van der Waals surface area contributed by atoms with Gasteiger partial charge < -0.3 is 28.4 Å². The summed E-state index contributed by atoms with van der Waals surface area (Å²) in [6.07, 6.45) is 0. The van der Waals surface area contributed by atoms with Crippen molar-refractivity contribution in [3.05, 3.63) is 142 Å². The second-order valence-electron chi connectivity index (χ2n) is 18.8. The van der Waals surface area contributed by atoms with Gasteiger partial charge in [0.1, 0.15) is 26.9 Å². The molecule has 0 N–H and O–H groups in total. The maximum atomic E-state index is 14.1. The van der Waals surface area contributed by atoms with Crippen LogP contribution in [0.4, 0.5) is 19.2 Å². The molecule has 4 atom stereocenters. The molecule has 0 spiro atoms. The molecule has 22 heteroatoms. The highest BCUT2D eigenvalue weighted by molar-refractivity contribution is 6.11. The molecule has 0 aromatic heterocycles. The van der Waals surface area contributed by atoms with E-state index < -0.39 is 70.7 Å². The lowest BCUT2D eigenvalue weighted by Gasteiger charge is -2.46. The Hall–Kier alpha value is -9.12. The van der Waals surface area contributed by atoms with Crippen molar-refractivity contribution in [3.8, 4) is 23.7 Å².